The van der Waals surface area contributed by atoms with E-state index in [4.69, 9.17) is 0 Å². The third kappa shape index (κ3) is 2.62. The lowest BCUT2D eigenvalue weighted by molar-refractivity contribution is -0.142. The van der Waals surface area contributed by atoms with Crippen molar-refractivity contribution in [3.8, 4) is 0 Å². The molecule has 2 heterocycles. The van der Waals surface area contributed by atoms with Gasteiger partial charge in [0, 0.05) is 17.5 Å². The normalized spacial score (nSPS) is 24.4. The molecular weight excluding hydrogens is 298 g/mol. The quantitative estimate of drug-likeness (QED) is 0.923. The molecule has 0 spiro atoms. The Bertz CT molecular complexity index is 606. The van der Waals surface area contributed by atoms with E-state index in [1.807, 2.05) is 20.8 Å². The lowest BCUT2D eigenvalue weighted by atomic mass is 9.92. The van der Waals surface area contributed by atoms with Crippen LogP contribution in [-0.2, 0) is 14.8 Å². The van der Waals surface area contributed by atoms with Gasteiger partial charge in [0.1, 0.15) is 4.21 Å². The van der Waals surface area contributed by atoms with E-state index in [-0.39, 0.29) is 12.5 Å². The highest BCUT2D eigenvalue weighted by molar-refractivity contribution is 7.91. The van der Waals surface area contributed by atoms with Crippen LogP contribution in [0, 0.1) is 18.8 Å². The largest absolute Gasteiger partial charge is 0.481 e. The fraction of sp³-hybridized carbons (Fsp3) is 0.615. The van der Waals surface area contributed by atoms with Crippen LogP contribution < -0.4 is 0 Å². The van der Waals surface area contributed by atoms with Crippen LogP contribution >= 0.6 is 11.3 Å². The van der Waals surface area contributed by atoms with Gasteiger partial charge in [-0.25, -0.2) is 8.42 Å². The summed E-state index contributed by atoms with van der Waals surface area (Å²) in [7, 11) is -3.59. The van der Waals surface area contributed by atoms with Crippen molar-refractivity contribution in [2.24, 2.45) is 11.8 Å². The van der Waals surface area contributed by atoms with E-state index in [0.29, 0.717) is 10.6 Å². The number of sulfonamides is 1. The molecule has 1 saturated heterocycles. The standard InChI is InChI=1S/C13H19NO4S2/c1-8(2)12-10(13(15)16)6-7-14(12)20(17,18)11-5-4-9(3)19-11/h4-5,8,10,12H,6-7H2,1-3H3,(H,15,16). The zero-order chi connectivity index (χ0) is 15.1. The number of carboxylic acids is 1. The zero-order valence-corrected chi connectivity index (χ0v) is 13.4. The Morgan fingerprint density at radius 1 is 1.45 bits per heavy atom. The van der Waals surface area contributed by atoms with E-state index in [9.17, 15) is 18.3 Å². The summed E-state index contributed by atoms with van der Waals surface area (Å²) in [5.74, 6) is -1.57. The predicted molar refractivity (Wildman–Crippen MR) is 77.3 cm³/mol. The fourth-order valence-electron chi connectivity index (χ4n) is 2.80. The molecule has 112 valence electrons. The fourth-order valence-corrected chi connectivity index (χ4v) is 6.02. The van der Waals surface area contributed by atoms with Gasteiger partial charge in [-0.2, -0.15) is 4.31 Å². The van der Waals surface area contributed by atoms with Crippen LogP contribution in [0.5, 0.6) is 0 Å². The van der Waals surface area contributed by atoms with Gasteiger partial charge in [-0.05, 0) is 31.4 Å². The maximum Gasteiger partial charge on any atom is 0.308 e. The van der Waals surface area contributed by atoms with E-state index in [2.05, 4.69) is 0 Å². The molecule has 0 saturated carbocycles. The van der Waals surface area contributed by atoms with Crippen LogP contribution in [0.15, 0.2) is 16.3 Å². The molecule has 1 fully saturated rings. The highest BCUT2D eigenvalue weighted by atomic mass is 32.2. The third-order valence-electron chi connectivity index (χ3n) is 3.68. The summed E-state index contributed by atoms with van der Waals surface area (Å²) in [5.41, 5.74) is 0. The van der Waals surface area contributed by atoms with Gasteiger partial charge >= 0.3 is 5.97 Å². The first-order valence-corrected chi connectivity index (χ1v) is 8.82. The predicted octanol–water partition coefficient (Wildman–Crippen LogP) is 2.18. The second-order valence-corrected chi connectivity index (χ2v) is 8.85. The Balaban J connectivity index is 2.39. The van der Waals surface area contributed by atoms with Gasteiger partial charge in [0.05, 0.1) is 5.92 Å². The number of aliphatic carboxylic acids is 1. The Labute approximate surface area is 123 Å². The van der Waals surface area contributed by atoms with E-state index < -0.39 is 28.0 Å². The van der Waals surface area contributed by atoms with E-state index in [0.717, 1.165) is 4.88 Å². The summed E-state index contributed by atoms with van der Waals surface area (Å²) >= 11 is 1.23. The molecule has 0 aromatic carbocycles. The van der Waals surface area contributed by atoms with Crippen LogP contribution in [0.1, 0.15) is 25.1 Å². The first-order chi connectivity index (χ1) is 9.25. The Kier molecular flexibility index (Phi) is 4.22. The van der Waals surface area contributed by atoms with Crippen molar-refractivity contribution < 1.29 is 18.3 Å². The molecule has 0 aliphatic carbocycles. The number of hydrogen-bond acceptors (Lipinski definition) is 4. The van der Waals surface area contributed by atoms with Crippen LogP contribution in [0.3, 0.4) is 0 Å². The third-order valence-corrected chi connectivity index (χ3v) is 7.05. The molecule has 1 aromatic heterocycles. The SMILES string of the molecule is Cc1ccc(S(=O)(=O)N2CCC(C(=O)O)C2C(C)C)s1. The average Bonchev–Trinajstić information content (AvgIpc) is 2.94. The molecule has 5 nitrogen and oxygen atoms in total. The number of thiophene rings is 1. The zero-order valence-electron chi connectivity index (χ0n) is 11.7. The van der Waals surface area contributed by atoms with Crippen molar-refractivity contribution in [1.82, 2.24) is 4.31 Å². The summed E-state index contributed by atoms with van der Waals surface area (Å²) in [4.78, 5) is 12.2. The van der Waals surface area contributed by atoms with Crippen molar-refractivity contribution in [2.75, 3.05) is 6.54 Å². The van der Waals surface area contributed by atoms with Gasteiger partial charge < -0.3 is 5.11 Å². The van der Waals surface area contributed by atoms with Crippen LogP contribution in [-0.4, -0.2) is 36.4 Å². The summed E-state index contributed by atoms with van der Waals surface area (Å²) < 4.78 is 27.0. The number of aryl methyl sites for hydroxylation is 1. The van der Waals surface area contributed by atoms with Gasteiger partial charge in [0.15, 0.2) is 0 Å². The van der Waals surface area contributed by atoms with Crippen molar-refractivity contribution in [1.29, 1.82) is 0 Å². The minimum Gasteiger partial charge on any atom is -0.481 e. The van der Waals surface area contributed by atoms with E-state index in [1.165, 1.54) is 15.6 Å². The van der Waals surface area contributed by atoms with E-state index in [1.54, 1.807) is 12.1 Å². The van der Waals surface area contributed by atoms with Crippen LogP contribution in [0.2, 0.25) is 0 Å². The van der Waals surface area contributed by atoms with Gasteiger partial charge in [-0.15, -0.1) is 11.3 Å². The Morgan fingerprint density at radius 3 is 2.55 bits per heavy atom. The molecule has 7 heteroatoms. The lowest BCUT2D eigenvalue weighted by Gasteiger charge is -2.28. The summed E-state index contributed by atoms with van der Waals surface area (Å²) in [6, 6.07) is 2.90. The number of rotatable bonds is 4. The van der Waals surface area contributed by atoms with Gasteiger partial charge in [-0.3, -0.25) is 4.79 Å². The summed E-state index contributed by atoms with van der Waals surface area (Å²) in [6.07, 6.45) is 0.377. The molecular formula is C13H19NO4S2. The minimum atomic E-state index is -3.59. The lowest BCUT2D eigenvalue weighted by Crippen LogP contribution is -2.42. The number of carbonyl (C=O) groups is 1. The number of carboxylic acid groups (broad SMARTS) is 1. The summed E-state index contributed by atoms with van der Waals surface area (Å²) in [5, 5.41) is 9.27. The molecule has 0 bridgehead atoms. The van der Waals surface area contributed by atoms with E-state index >= 15 is 0 Å². The molecule has 2 unspecified atom stereocenters. The average molecular weight is 317 g/mol. The maximum atomic E-state index is 12.7. The molecule has 20 heavy (non-hydrogen) atoms. The Morgan fingerprint density at radius 2 is 2.10 bits per heavy atom. The minimum absolute atomic E-state index is 0.0329. The van der Waals surface area contributed by atoms with Crippen LogP contribution in [0.4, 0.5) is 0 Å². The highest BCUT2D eigenvalue weighted by Gasteiger charge is 2.46. The monoisotopic (exact) mass is 317 g/mol. The molecule has 2 atom stereocenters. The molecule has 2 rings (SSSR count). The smallest absolute Gasteiger partial charge is 0.308 e. The molecule has 1 aliphatic heterocycles. The van der Waals surface area contributed by atoms with Gasteiger partial charge in [0.25, 0.3) is 10.0 Å². The highest BCUT2D eigenvalue weighted by Crippen LogP contribution is 2.36. The van der Waals surface area contributed by atoms with Crippen LogP contribution in [0.25, 0.3) is 0 Å². The van der Waals surface area contributed by atoms with Crippen molar-refractivity contribution in [3.63, 3.8) is 0 Å². The second-order valence-electron chi connectivity index (χ2n) is 5.45. The summed E-state index contributed by atoms with van der Waals surface area (Å²) in [6.45, 7) is 5.87. The molecule has 1 aromatic rings. The topological polar surface area (TPSA) is 74.7 Å². The Hall–Kier alpha value is -0.920. The van der Waals surface area contributed by atoms with Gasteiger partial charge in [-0.1, -0.05) is 13.8 Å². The number of nitrogens with zero attached hydrogens (tertiary/aromatic N) is 1. The van der Waals surface area contributed by atoms with Crippen molar-refractivity contribution in [2.45, 2.75) is 37.4 Å². The maximum absolute atomic E-state index is 12.7. The van der Waals surface area contributed by atoms with Gasteiger partial charge in [0.2, 0.25) is 0 Å². The first kappa shape index (κ1) is 15.5. The molecule has 0 radical (unpaired) electrons. The molecule has 1 aliphatic rings. The first-order valence-electron chi connectivity index (χ1n) is 6.56. The molecule has 0 amide bonds. The molecule has 1 N–H and O–H groups in total. The second kappa shape index (κ2) is 5.46. The van der Waals surface area contributed by atoms with Crippen molar-refractivity contribution >= 4 is 27.3 Å². The van der Waals surface area contributed by atoms with Crippen molar-refractivity contribution in [3.05, 3.63) is 17.0 Å². The number of hydrogen-bond donors (Lipinski definition) is 1.